The Balaban J connectivity index is 2.27. The van der Waals surface area contributed by atoms with Gasteiger partial charge in [0, 0.05) is 20.6 Å². The second-order valence-electron chi connectivity index (χ2n) is 4.62. The van der Waals surface area contributed by atoms with E-state index in [1.165, 1.54) is 0 Å². The van der Waals surface area contributed by atoms with E-state index in [1.807, 2.05) is 6.92 Å². The first kappa shape index (κ1) is 12.5. The Labute approximate surface area is 91.6 Å². The zero-order chi connectivity index (χ0) is 11.4. The third-order valence-corrected chi connectivity index (χ3v) is 3.12. The number of aliphatic hydroxyl groups is 1. The first-order valence-corrected chi connectivity index (χ1v) is 5.65. The Morgan fingerprint density at radius 2 is 2.20 bits per heavy atom. The second-order valence-corrected chi connectivity index (χ2v) is 4.62. The van der Waals surface area contributed by atoms with Gasteiger partial charge < -0.3 is 15.3 Å². The number of rotatable bonds is 4. The molecule has 2 N–H and O–H groups in total. The van der Waals surface area contributed by atoms with Crippen LogP contribution in [0.4, 0.5) is 0 Å². The number of aliphatic hydroxyl groups excluding tert-OH is 1. The first-order valence-electron chi connectivity index (χ1n) is 5.65. The van der Waals surface area contributed by atoms with Gasteiger partial charge in [0.1, 0.15) is 0 Å². The van der Waals surface area contributed by atoms with Crippen molar-refractivity contribution in [2.45, 2.75) is 38.3 Å². The van der Waals surface area contributed by atoms with Crippen LogP contribution in [0.1, 0.15) is 26.2 Å². The van der Waals surface area contributed by atoms with Gasteiger partial charge in [-0.3, -0.25) is 4.79 Å². The van der Waals surface area contributed by atoms with E-state index in [1.54, 1.807) is 19.0 Å². The van der Waals surface area contributed by atoms with E-state index in [9.17, 15) is 9.90 Å². The summed E-state index contributed by atoms with van der Waals surface area (Å²) in [4.78, 5) is 13.1. The number of carbonyl (C=O) groups is 1. The van der Waals surface area contributed by atoms with Crippen LogP contribution >= 0.6 is 0 Å². The van der Waals surface area contributed by atoms with Gasteiger partial charge in [0.15, 0.2) is 0 Å². The van der Waals surface area contributed by atoms with Crippen molar-refractivity contribution in [1.82, 2.24) is 10.2 Å². The molecule has 0 aromatic carbocycles. The Bertz CT molecular complexity index is 219. The first-order chi connectivity index (χ1) is 7.02. The average Bonchev–Trinajstić information content (AvgIpc) is 2.59. The summed E-state index contributed by atoms with van der Waals surface area (Å²) < 4.78 is 0. The molecule has 3 atom stereocenters. The van der Waals surface area contributed by atoms with Crippen LogP contribution in [0, 0.1) is 5.92 Å². The molecule has 0 radical (unpaired) electrons. The van der Waals surface area contributed by atoms with E-state index in [2.05, 4.69) is 5.32 Å². The molecule has 0 aromatic heterocycles. The van der Waals surface area contributed by atoms with Gasteiger partial charge in [-0.25, -0.2) is 0 Å². The van der Waals surface area contributed by atoms with Crippen molar-refractivity contribution in [3.05, 3.63) is 0 Å². The number of hydrogen-bond acceptors (Lipinski definition) is 3. The van der Waals surface area contributed by atoms with Crippen molar-refractivity contribution < 1.29 is 9.90 Å². The summed E-state index contributed by atoms with van der Waals surface area (Å²) in [6, 6.07) is -0.159. The van der Waals surface area contributed by atoms with Crippen LogP contribution in [0.25, 0.3) is 0 Å². The smallest absolute Gasteiger partial charge is 0.238 e. The minimum Gasteiger partial charge on any atom is -0.393 e. The summed E-state index contributed by atoms with van der Waals surface area (Å²) in [6.45, 7) is 2.60. The van der Waals surface area contributed by atoms with Gasteiger partial charge in [-0.05, 0) is 25.7 Å². The molecule has 1 fully saturated rings. The van der Waals surface area contributed by atoms with Gasteiger partial charge in [-0.15, -0.1) is 0 Å². The Kier molecular flexibility index (Phi) is 4.54. The number of amides is 1. The van der Waals surface area contributed by atoms with Crippen LogP contribution in [0.3, 0.4) is 0 Å². The standard InChI is InChI=1S/C11H22N2O2/c1-8(11(15)13(2)3)12-7-9-5-4-6-10(9)14/h8-10,12,14H,4-7H2,1-3H3. The lowest BCUT2D eigenvalue weighted by Gasteiger charge is -2.21. The fourth-order valence-electron chi connectivity index (χ4n) is 2.06. The highest BCUT2D eigenvalue weighted by Gasteiger charge is 2.26. The highest BCUT2D eigenvalue weighted by Crippen LogP contribution is 2.24. The van der Waals surface area contributed by atoms with Crippen molar-refractivity contribution in [1.29, 1.82) is 0 Å². The van der Waals surface area contributed by atoms with Crippen molar-refractivity contribution in [2.75, 3.05) is 20.6 Å². The van der Waals surface area contributed by atoms with E-state index in [-0.39, 0.29) is 18.1 Å². The zero-order valence-electron chi connectivity index (χ0n) is 9.86. The maximum Gasteiger partial charge on any atom is 0.238 e. The molecular formula is C11H22N2O2. The molecule has 15 heavy (non-hydrogen) atoms. The average molecular weight is 214 g/mol. The Morgan fingerprint density at radius 1 is 1.53 bits per heavy atom. The number of hydrogen-bond donors (Lipinski definition) is 2. The molecule has 1 saturated carbocycles. The SMILES string of the molecule is CC(NCC1CCCC1O)C(=O)N(C)C. The number of nitrogens with zero attached hydrogens (tertiary/aromatic N) is 1. The molecule has 0 aliphatic heterocycles. The highest BCUT2D eigenvalue weighted by atomic mass is 16.3. The van der Waals surface area contributed by atoms with Crippen LogP contribution in [0.15, 0.2) is 0 Å². The van der Waals surface area contributed by atoms with E-state index in [0.29, 0.717) is 5.92 Å². The van der Waals surface area contributed by atoms with E-state index < -0.39 is 0 Å². The lowest BCUT2D eigenvalue weighted by molar-refractivity contribution is -0.130. The topological polar surface area (TPSA) is 52.6 Å². The van der Waals surface area contributed by atoms with Gasteiger partial charge in [0.2, 0.25) is 5.91 Å². The number of carbonyl (C=O) groups excluding carboxylic acids is 1. The molecule has 0 saturated heterocycles. The Hall–Kier alpha value is -0.610. The highest BCUT2D eigenvalue weighted by molar-refractivity contribution is 5.80. The molecule has 1 rings (SSSR count). The van der Waals surface area contributed by atoms with Crippen LogP contribution in [0.2, 0.25) is 0 Å². The Morgan fingerprint density at radius 3 is 2.67 bits per heavy atom. The normalized spacial score (nSPS) is 27.7. The summed E-state index contributed by atoms with van der Waals surface area (Å²) in [6.07, 6.45) is 2.89. The van der Waals surface area contributed by atoms with Crippen LogP contribution in [-0.4, -0.2) is 48.7 Å². The summed E-state index contributed by atoms with van der Waals surface area (Å²) >= 11 is 0. The fraction of sp³-hybridized carbons (Fsp3) is 0.909. The molecule has 0 bridgehead atoms. The van der Waals surface area contributed by atoms with Crippen LogP contribution < -0.4 is 5.32 Å². The monoisotopic (exact) mass is 214 g/mol. The van der Waals surface area contributed by atoms with E-state index in [4.69, 9.17) is 0 Å². The fourth-order valence-corrected chi connectivity index (χ4v) is 2.06. The van der Waals surface area contributed by atoms with Crippen molar-refractivity contribution in [3.63, 3.8) is 0 Å². The van der Waals surface area contributed by atoms with Gasteiger partial charge in [0.05, 0.1) is 12.1 Å². The molecule has 1 aliphatic rings. The zero-order valence-corrected chi connectivity index (χ0v) is 9.86. The molecule has 0 aromatic rings. The van der Waals surface area contributed by atoms with E-state index in [0.717, 1.165) is 25.8 Å². The van der Waals surface area contributed by atoms with Crippen molar-refractivity contribution >= 4 is 5.91 Å². The van der Waals surface area contributed by atoms with E-state index >= 15 is 0 Å². The van der Waals surface area contributed by atoms with Crippen molar-refractivity contribution in [3.8, 4) is 0 Å². The molecule has 4 nitrogen and oxygen atoms in total. The maximum absolute atomic E-state index is 11.5. The van der Waals surface area contributed by atoms with Gasteiger partial charge in [-0.2, -0.15) is 0 Å². The molecule has 88 valence electrons. The predicted molar refractivity (Wildman–Crippen MR) is 59.5 cm³/mol. The van der Waals surface area contributed by atoms with Crippen molar-refractivity contribution in [2.24, 2.45) is 5.92 Å². The molecule has 1 aliphatic carbocycles. The van der Waals surface area contributed by atoms with Gasteiger partial charge >= 0.3 is 0 Å². The second kappa shape index (κ2) is 5.47. The third-order valence-electron chi connectivity index (χ3n) is 3.12. The quantitative estimate of drug-likeness (QED) is 0.703. The third kappa shape index (κ3) is 3.47. The van der Waals surface area contributed by atoms with Gasteiger partial charge in [-0.1, -0.05) is 6.42 Å². The van der Waals surface area contributed by atoms with Crippen LogP contribution in [-0.2, 0) is 4.79 Å². The summed E-state index contributed by atoms with van der Waals surface area (Å²) in [7, 11) is 3.51. The summed E-state index contributed by atoms with van der Waals surface area (Å²) in [5.74, 6) is 0.407. The minimum absolute atomic E-state index is 0.0856. The molecule has 4 heteroatoms. The molecule has 1 amide bonds. The minimum atomic E-state index is -0.181. The molecule has 0 heterocycles. The summed E-state index contributed by atoms with van der Waals surface area (Å²) in [5, 5.41) is 12.8. The maximum atomic E-state index is 11.5. The number of nitrogens with one attached hydrogen (secondary N) is 1. The number of likely N-dealkylation sites (N-methyl/N-ethyl adjacent to an activating group) is 1. The molecular weight excluding hydrogens is 192 g/mol. The predicted octanol–water partition coefficient (Wildman–Crippen LogP) is 0.214. The lowest BCUT2D eigenvalue weighted by Crippen LogP contribution is -2.44. The largest absolute Gasteiger partial charge is 0.393 e. The van der Waals surface area contributed by atoms with Crippen LogP contribution in [0.5, 0.6) is 0 Å². The van der Waals surface area contributed by atoms with Gasteiger partial charge in [0.25, 0.3) is 0 Å². The molecule has 3 unspecified atom stereocenters. The summed E-state index contributed by atoms with van der Waals surface area (Å²) in [5.41, 5.74) is 0. The lowest BCUT2D eigenvalue weighted by atomic mass is 10.1. The molecule has 0 spiro atoms.